The normalized spacial score (nSPS) is 24.2. The molecule has 8 heteroatoms. The maximum atomic E-state index is 12.2. The molecule has 6 nitrogen and oxygen atoms in total. The van der Waals surface area contributed by atoms with E-state index in [0.717, 1.165) is 3.57 Å². The van der Waals surface area contributed by atoms with E-state index in [2.05, 4.69) is 34.4 Å². The van der Waals surface area contributed by atoms with Crippen molar-refractivity contribution in [3.8, 4) is 17.6 Å². The number of nitrogens with zero attached hydrogens (tertiary/aromatic N) is 1. The number of amides is 1. The fraction of sp³-hybridized carbons (Fsp3) is 0.368. The Morgan fingerprint density at radius 1 is 1.44 bits per heavy atom. The molecule has 1 aromatic rings. The number of aliphatic hydroxyl groups is 1. The van der Waals surface area contributed by atoms with Crippen LogP contribution in [-0.4, -0.2) is 40.6 Å². The number of hydrogen-bond acceptors (Lipinski definition) is 5. The number of ether oxygens (including phenoxy) is 1. The maximum Gasteiger partial charge on any atom is 1.00 e. The van der Waals surface area contributed by atoms with Gasteiger partial charge in [0.15, 0.2) is 0 Å². The van der Waals surface area contributed by atoms with Gasteiger partial charge in [0.1, 0.15) is 12.4 Å². The zero-order valence-electron chi connectivity index (χ0n) is 15.2. The minimum atomic E-state index is -1.43. The van der Waals surface area contributed by atoms with Gasteiger partial charge in [-0.05, 0) is 41.6 Å². The summed E-state index contributed by atoms with van der Waals surface area (Å²) in [5.41, 5.74) is 0.157. The van der Waals surface area contributed by atoms with Crippen LogP contribution in [0.1, 0.15) is 13.8 Å². The number of carboxylic acids is 1. The van der Waals surface area contributed by atoms with Crippen LogP contribution >= 0.6 is 22.6 Å². The first kappa shape index (κ1) is 22.2. The molecule has 0 radical (unpaired) electrons. The molecule has 0 spiro atoms. The Kier molecular flexibility index (Phi) is 7.39. The van der Waals surface area contributed by atoms with Crippen LogP contribution < -0.4 is 39.4 Å². The van der Waals surface area contributed by atoms with Gasteiger partial charge in [-0.2, -0.15) is 0 Å². The predicted octanol–water partition coefficient (Wildman–Crippen LogP) is -2.46. The molecule has 136 valence electrons. The molecular weight excluding hydrogens is 472 g/mol. The monoisotopic (exact) mass is 489 g/mol. The van der Waals surface area contributed by atoms with E-state index in [-0.39, 0.29) is 47.8 Å². The number of aliphatic carboxylic acids is 1. The van der Waals surface area contributed by atoms with Gasteiger partial charge in [-0.25, -0.2) is 0 Å². The maximum absolute atomic E-state index is 12.2. The van der Waals surface area contributed by atoms with Gasteiger partial charge in [-0.15, -0.1) is 0 Å². The first-order chi connectivity index (χ1) is 12.3. The van der Waals surface area contributed by atoms with Gasteiger partial charge in [0.2, 0.25) is 5.91 Å². The van der Waals surface area contributed by atoms with Gasteiger partial charge in [0.25, 0.3) is 0 Å². The number of carbonyl (C=O) groups is 2. The number of para-hydroxylation sites is 1. The zero-order valence-corrected chi connectivity index (χ0v) is 19.4. The first-order valence-corrected chi connectivity index (χ1v) is 9.25. The molecule has 0 aliphatic carbocycles. The van der Waals surface area contributed by atoms with Crippen molar-refractivity contribution >= 4 is 34.5 Å². The van der Waals surface area contributed by atoms with Gasteiger partial charge in [-0.1, -0.05) is 30.9 Å². The zero-order chi connectivity index (χ0) is 19.0. The number of carbonyl (C=O) groups excluding carboxylic acids is 2. The minimum Gasteiger partial charge on any atom is -0.543 e. The van der Waals surface area contributed by atoms with E-state index in [0.29, 0.717) is 11.3 Å². The van der Waals surface area contributed by atoms with Crippen LogP contribution in [-0.2, 0) is 9.59 Å². The molecule has 1 fully saturated rings. The summed E-state index contributed by atoms with van der Waals surface area (Å²) in [5.74, 6) is 3.63. The molecule has 2 aliphatic rings. The van der Waals surface area contributed by atoms with E-state index >= 15 is 0 Å². The molecule has 1 aromatic carbocycles. The van der Waals surface area contributed by atoms with Gasteiger partial charge < -0.3 is 24.6 Å². The average Bonchev–Trinajstić information content (AvgIpc) is 2.82. The molecule has 0 aromatic heterocycles. The predicted molar refractivity (Wildman–Crippen MR) is 99.4 cm³/mol. The number of β-lactam (4-membered cyclic amide) rings is 1. The Bertz CT molecular complexity index is 857. The molecule has 4 atom stereocenters. The molecule has 1 saturated heterocycles. The van der Waals surface area contributed by atoms with Crippen LogP contribution in [0.25, 0.3) is 0 Å². The van der Waals surface area contributed by atoms with Gasteiger partial charge in [-0.3, -0.25) is 4.79 Å². The second kappa shape index (κ2) is 8.97. The summed E-state index contributed by atoms with van der Waals surface area (Å²) < 4.78 is 6.54. The second-order valence-corrected chi connectivity index (χ2v) is 7.49. The Morgan fingerprint density at radius 2 is 2.11 bits per heavy atom. The number of carboxylic acid groups (broad SMARTS) is 1. The number of aliphatic hydroxyl groups excluding tert-OH is 1. The number of rotatable bonds is 4. The van der Waals surface area contributed by atoms with E-state index in [9.17, 15) is 19.8 Å². The molecule has 1 N–H and O–H groups in total. The number of halogens is 1. The van der Waals surface area contributed by atoms with Crippen LogP contribution in [0, 0.1) is 27.2 Å². The van der Waals surface area contributed by atoms with Crippen molar-refractivity contribution in [1.29, 1.82) is 0 Å². The summed E-state index contributed by atoms with van der Waals surface area (Å²) in [4.78, 5) is 24.9. The van der Waals surface area contributed by atoms with Crippen LogP contribution in [0.2, 0.25) is 0 Å². The summed E-state index contributed by atoms with van der Waals surface area (Å²) >= 11 is 2.15. The summed E-state index contributed by atoms with van der Waals surface area (Å²) in [6, 6.07) is 7.10. The van der Waals surface area contributed by atoms with E-state index in [1.54, 1.807) is 6.92 Å². The SMILES string of the molecule is CC(O)C1C(=O)N2C(C(=O)[O-])=C(C#CCOc3ccccc3I)C(C)C12.[Na+]. The fourth-order valence-corrected chi connectivity index (χ4v) is 4.07. The summed E-state index contributed by atoms with van der Waals surface area (Å²) in [7, 11) is 0. The van der Waals surface area contributed by atoms with E-state index in [4.69, 9.17) is 4.74 Å². The van der Waals surface area contributed by atoms with E-state index in [1.807, 2.05) is 24.3 Å². The Balaban J connectivity index is 0.00000261. The van der Waals surface area contributed by atoms with Gasteiger partial charge >= 0.3 is 29.6 Å². The third-order valence-electron chi connectivity index (χ3n) is 4.72. The summed E-state index contributed by atoms with van der Waals surface area (Å²) in [5, 5.41) is 21.3. The minimum absolute atomic E-state index is 0. The summed E-state index contributed by atoms with van der Waals surface area (Å²) in [6.07, 6.45) is -0.843. The van der Waals surface area contributed by atoms with Crippen molar-refractivity contribution in [2.24, 2.45) is 11.8 Å². The van der Waals surface area contributed by atoms with Gasteiger partial charge in [0, 0.05) is 11.5 Å². The smallest absolute Gasteiger partial charge is 0.543 e. The topological polar surface area (TPSA) is 89.9 Å². The molecule has 2 heterocycles. The third kappa shape index (κ3) is 4.05. The largest absolute Gasteiger partial charge is 1.00 e. The van der Waals surface area contributed by atoms with Crippen molar-refractivity contribution in [3.05, 3.63) is 39.1 Å². The van der Waals surface area contributed by atoms with Crippen molar-refractivity contribution in [1.82, 2.24) is 4.90 Å². The fourth-order valence-electron chi connectivity index (χ4n) is 3.52. The average molecular weight is 489 g/mol. The Labute approximate surface area is 193 Å². The molecule has 4 unspecified atom stereocenters. The van der Waals surface area contributed by atoms with Crippen molar-refractivity contribution in [3.63, 3.8) is 0 Å². The first-order valence-electron chi connectivity index (χ1n) is 8.17. The van der Waals surface area contributed by atoms with Crippen LogP contribution in [0.15, 0.2) is 35.5 Å². The van der Waals surface area contributed by atoms with Crippen LogP contribution in [0.5, 0.6) is 5.75 Å². The van der Waals surface area contributed by atoms with Crippen molar-refractivity contribution < 1.29 is 54.1 Å². The third-order valence-corrected chi connectivity index (χ3v) is 5.62. The van der Waals surface area contributed by atoms with Gasteiger partial charge in [0.05, 0.1) is 33.3 Å². The van der Waals surface area contributed by atoms with Crippen LogP contribution in [0.3, 0.4) is 0 Å². The molecule has 2 aliphatic heterocycles. The van der Waals surface area contributed by atoms with E-state index < -0.39 is 29.9 Å². The van der Waals surface area contributed by atoms with E-state index in [1.165, 1.54) is 11.8 Å². The standard InChI is InChI=1S/C19H18INO5.Na/c1-10-12(6-5-9-26-14-8-4-3-7-13(14)20)17(19(24)25)21-16(10)15(11(2)22)18(21)23;/h3-4,7-8,10-11,15-16,22H,9H2,1-2H3,(H,24,25);/q;+1/p-1. The quantitative estimate of drug-likeness (QED) is 0.220. The van der Waals surface area contributed by atoms with Crippen molar-refractivity contribution in [2.45, 2.75) is 26.0 Å². The molecule has 3 rings (SSSR count). The molecule has 27 heavy (non-hydrogen) atoms. The number of fused-ring (bicyclic) bond motifs is 1. The van der Waals surface area contributed by atoms with Crippen molar-refractivity contribution in [2.75, 3.05) is 6.61 Å². The molecule has 0 saturated carbocycles. The number of benzene rings is 1. The Morgan fingerprint density at radius 3 is 2.70 bits per heavy atom. The molecular formula is C19H17INNaO5. The molecule has 0 bridgehead atoms. The number of hydrogen-bond donors (Lipinski definition) is 1. The molecule has 1 amide bonds. The Hall–Kier alpha value is -1.05. The van der Waals surface area contributed by atoms with Crippen LogP contribution in [0.4, 0.5) is 0 Å². The second-order valence-electron chi connectivity index (χ2n) is 6.32. The summed E-state index contributed by atoms with van der Waals surface area (Å²) in [6.45, 7) is 3.43.